The fraction of sp³-hybridized carbons (Fsp3) is 0.533. The molecule has 0 aliphatic heterocycles. The van der Waals surface area contributed by atoms with Crippen LogP contribution < -0.4 is 10.1 Å². The Morgan fingerprint density at radius 2 is 2.16 bits per heavy atom. The van der Waals surface area contributed by atoms with E-state index in [1.807, 2.05) is 25.1 Å². The van der Waals surface area contributed by atoms with Crippen molar-refractivity contribution in [3.05, 3.63) is 29.3 Å². The van der Waals surface area contributed by atoms with Crippen molar-refractivity contribution >= 4 is 5.91 Å². The highest BCUT2D eigenvalue weighted by atomic mass is 16.5. The molecule has 4 heteroatoms. The SMILES string of the molecule is CCc1cc(CNC(=O)C(CC)CO)ccc1OC. The zero-order chi connectivity index (χ0) is 14.3. The Kier molecular flexibility index (Phi) is 6.36. The van der Waals surface area contributed by atoms with Crippen LogP contribution in [0.4, 0.5) is 0 Å². The fourth-order valence-corrected chi connectivity index (χ4v) is 1.95. The monoisotopic (exact) mass is 265 g/mol. The van der Waals surface area contributed by atoms with Crippen molar-refractivity contribution in [3.8, 4) is 5.75 Å². The predicted molar refractivity (Wildman–Crippen MR) is 75.1 cm³/mol. The maximum absolute atomic E-state index is 11.8. The van der Waals surface area contributed by atoms with Gasteiger partial charge in [-0.1, -0.05) is 26.0 Å². The second kappa shape index (κ2) is 7.79. The Morgan fingerprint density at radius 1 is 1.42 bits per heavy atom. The number of hydrogen-bond donors (Lipinski definition) is 2. The first-order valence-electron chi connectivity index (χ1n) is 6.70. The van der Waals surface area contributed by atoms with E-state index in [1.165, 1.54) is 0 Å². The van der Waals surface area contributed by atoms with Gasteiger partial charge in [-0.15, -0.1) is 0 Å². The van der Waals surface area contributed by atoms with Crippen molar-refractivity contribution in [2.75, 3.05) is 13.7 Å². The molecule has 0 aliphatic rings. The van der Waals surface area contributed by atoms with Gasteiger partial charge in [0.05, 0.1) is 19.6 Å². The topological polar surface area (TPSA) is 58.6 Å². The van der Waals surface area contributed by atoms with Crippen LogP contribution >= 0.6 is 0 Å². The maximum atomic E-state index is 11.8. The Balaban J connectivity index is 2.65. The van der Waals surface area contributed by atoms with E-state index in [9.17, 15) is 4.79 Å². The number of aryl methyl sites for hydroxylation is 1. The van der Waals surface area contributed by atoms with E-state index in [-0.39, 0.29) is 18.4 Å². The summed E-state index contributed by atoms with van der Waals surface area (Å²) in [5, 5.41) is 11.9. The third kappa shape index (κ3) is 4.24. The van der Waals surface area contributed by atoms with Crippen LogP contribution in [0.5, 0.6) is 5.75 Å². The molecule has 19 heavy (non-hydrogen) atoms. The number of benzene rings is 1. The van der Waals surface area contributed by atoms with Gasteiger partial charge in [0.25, 0.3) is 0 Å². The van der Waals surface area contributed by atoms with Gasteiger partial charge in [-0.25, -0.2) is 0 Å². The van der Waals surface area contributed by atoms with Crippen molar-refractivity contribution in [2.24, 2.45) is 5.92 Å². The molecule has 0 heterocycles. The summed E-state index contributed by atoms with van der Waals surface area (Å²) in [6.45, 7) is 4.33. The van der Waals surface area contributed by atoms with Gasteiger partial charge in [0.2, 0.25) is 5.91 Å². The molecule has 0 aromatic heterocycles. The average molecular weight is 265 g/mol. The largest absolute Gasteiger partial charge is 0.496 e. The molecule has 0 radical (unpaired) electrons. The lowest BCUT2D eigenvalue weighted by Crippen LogP contribution is -2.31. The van der Waals surface area contributed by atoms with Crippen LogP contribution in [0.2, 0.25) is 0 Å². The van der Waals surface area contributed by atoms with Crippen molar-refractivity contribution < 1.29 is 14.6 Å². The van der Waals surface area contributed by atoms with Crippen LogP contribution in [0.3, 0.4) is 0 Å². The molecule has 106 valence electrons. The summed E-state index contributed by atoms with van der Waals surface area (Å²) in [7, 11) is 1.66. The zero-order valence-electron chi connectivity index (χ0n) is 11.9. The molecule has 2 N–H and O–H groups in total. The summed E-state index contributed by atoms with van der Waals surface area (Å²) in [5.74, 6) is 0.460. The predicted octanol–water partition coefficient (Wildman–Crippen LogP) is 1.89. The highest BCUT2D eigenvalue weighted by molar-refractivity contribution is 5.78. The van der Waals surface area contributed by atoms with Crippen molar-refractivity contribution in [2.45, 2.75) is 33.2 Å². The van der Waals surface area contributed by atoms with Crippen LogP contribution in [0.15, 0.2) is 18.2 Å². The number of methoxy groups -OCH3 is 1. The second-order valence-electron chi connectivity index (χ2n) is 4.51. The van der Waals surface area contributed by atoms with E-state index >= 15 is 0 Å². The van der Waals surface area contributed by atoms with E-state index in [4.69, 9.17) is 9.84 Å². The van der Waals surface area contributed by atoms with Gasteiger partial charge in [-0.2, -0.15) is 0 Å². The molecule has 1 rings (SSSR count). The molecule has 1 aromatic carbocycles. The van der Waals surface area contributed by atoms with Gasteiger partial charge in [-0.3, -0.25) is 4.79 Å². The minimum atomic E-state index is -0.316. The molecular formula is C15H23NO3. The molecule has 1 amide bonds. The Hall–Kier alpha value is -1.55. The summed E-state index contributed by atoms with van der Waals surface area (Å²) < 4.78 is 5.27. The minimum absolute atomic E-state index is 0.0983. The third-order valence-corrected chi connectivity index (χ3v) is 3.28. The molecule has 0 saturated carbocycles. The standard InChI is InChI=1S/C15H23NO3/c1-4-12-8-11(6-7-14(12)19-3)9-16-15(18)13(5-2)10-17/h6-8,13,17H,4-5,9-10H2,1-3H3,(H,16,18). The molecular weight excluding hydrogens is 242 g/mol. The molecule has 1 unspecified atom stereocenters. The molecule has 0 fully saturated rings. The summed E-state index contributed by atoms with van der Waals surface area (Å²) in [6, 6.07) is 5.90. The summed E-state index contributed by atoms with van der Waals surface area (Å²) in [5.41, 5.74) is 2.17. The highest BCUT2D eigenvalue weighted by Gasteiger charge is 2.14. The lowest BCUT2D eigenvalue weighted by molar-refractivity contribution is -0.126. The van der Waals surface area contributed by atoms with Crippen LogP contribution in [0, 0.1) is 5.92 Å². The van der Waals surface area contributed by atoms with E-state index < -0.39 is 0 Å². The summed E-state index contributed by atoms with van der Waals surface area (Å²) >= 11 is 0. The fourth-order valence-electron chi connectivity index (χ4n) is 1.95. The molecule has 4 nitrogen and oxygen atoms in total. The van der Waals surface area contributed by atoms with E-state index in [0.29, 0.717) is 13.0 Å². The highest BCUT2D eigenvalue weighted by Crippen LogP contribution is 2.20. The Labute approximate surface area is 114 Å². The quantitative estimate of drug-likeness (QED) is 0.791. The van der Waals surface area contributed by atoms with Gasteiger partial charge >= 0.3 is 0 Å². The van der Waals surface area contributed by atoms with E-state index in [2.05, 4.69) is 12.2 Å². The number of hydrogen-bond acceptors (Lipinski definition) is 3. The number of aliphatic hydroxyl groups excluding tert-OH is 1. The first-order valence-corrected chi connectivity index (χ1v) is 6.70. The van der Waals surface area contributed by atoms with Crippen molar-refractivity contribution in [1.29, 1.82) is 0 Å². The molecule has 0 spiro atoms. The van der Waals surface area contributed by atoms with Crippen molar-refractivity contribution in [1.82, 2.24) is 5.32 Å². The zero-order valence-corrected chi connectivity index (χ0v) is 11.9. The second-order valence-corrected chi connectivity index (χ2v) is 4.51. The molecule has 0 saturated heterocycles. The Morgan fingerprint density at radius 3 is 2.68 bits per heavy atom. The van der Waals surface area contributed by atoms with E-state index in [1.54, 1.807) is 7.11 Å². The van der Waals surface area contributed by atoms with Crippen LogP contribution in [0.1, 0.15) is 31.4 Å². The minimum Gasteiger partial charge on any atom is -0.496 e. The molecule has 1 aromatic rings. The number of nitrogens with one attached hydrogen (secondary N) is 1. The lowest BCUT2D eigenvalue weighted by atomic mass is 10.1. The van der Waals surface area contributed by atoms with Gasteiger partial charge in [0.1, 0.15) is 5.75 Å². The van der Waals surface area contributed by atoms with Gasteiger partial charge in [0.15, 0.2) is 0 Å². The van der Waals surface area contributed by atoms with Crippen molar-refractivity contribution in [3.63, 3.8) is 0 Å². The molecule has 0 aliphatic carbocycles. The number of carbonyl (C=O) groups is 1. The van der Waals surface area contributed by atoms with Crippen LogP contribution in [0.25, 0.3) is 0 Å². The van der Waals surface area contributed by atoms with Gasteiger partial charge < -0.3 is 15.2 Å². The first-order chi connectivity index (χ1) is 9.15. The normalized spacial score (nSPS) is 12.0. The Bertz CT molecular complexity index is 414. The summed E-state index contributed by atoms with van der Waals surface area (Å²) in [6.07, 6.45) is 1.53. The van der Waals surface area contributed by atoms with Gasteiger partial charge in [0, 0.05) is 6.54 Å². The number of amides is 1. The lowest BCUT2D eigenvalue weighted by Gasteiger charge is -2.13. The number of carbonyl (C=O) groups excluding carboxylic acids is 1. The van der Waals surface area contributed by atoms with Gasteiger partial charge in [-0.05, 0) is 30.0 Å². The molecule has 0 bridgehead atoms. The molecule has 1 atom stereocenters. The maximum Gasteiger partial charge on any atom is 0.225 e. The van der Waals surface area contributed by atoms with E-state index in [0.717, 1.165) is 23.3 Å². The number of ether oxygens (including phenoxy) is 1. The summed E-state index contributed by atoms with van der Waals surface area (Å²) in [4.78, 5) is 11.8. The smallest absolute Gasteiger partial charge is 0.225 e. The van der Waals surface area contributed by atoms with Crippen LogP contribution in [-0.4, -0.2) is 24.7 Å². The van der Waals surface area contributed by atoms with Crippen LogP contribution in [-0.2, 0) is 17.8 Å². The average Bonchev–Trinajstić information content (AvgIpc) is 2.45. The number of rotatable bonds is 7. The third-order valence-electron chi connectivity index (χ3n) is 3.28. The number of aliphatic hydroxyl groups is 1. The first kappa shape index (κ1) is 15.5.